The standard InChI is InChI=1S/C16H18NO7P/c1-9(10-2-4-11(18)5-3-10)6-14(20)16-13(17-25(22,23)24)7-12(19)8-15(16)21/h2-5,7-9,16,18-19,21H,6H2,1H3,(H2,22,23,24). The number of phenolic OH excluding ortho intramolecular Hbond substituents is 1. The molecule has 0 amide bonds. The first-order valence-electron chi connectivity index (χ1n) is 7.35. The highest BCUT2D eigenvalue weighted by atomic mass is 31.2. The van der Waals surface area contributed by atoms with Gasteiger partial charge in [-0.25, -0.2) is 4.57 Å². The quantitative estimate of drug-likeness (QED) is 0.502. The van der Waals surface area contributed by atoms with Crippen molar-refractivity contribution in [3.05, 3.63) is 53.5 Å². The Bertz CT molecular complexity index is 804. The van der Waals surface area contributed by atoms with Gasteiger partial charge in [-0.3, -0.25) is 4.79 Å². The first kappa shape index (κ1) is 18.9. The fourth-order valence-electron chi connectivity index (χ4n) is 2.57. The van der Waals surface area contributed by atoms with Crippen LogP contribution in [0, 0.1) is 5.92 Å². The highest BCUT2D eigenvalue weighted by molar-refractivity contribution is 7.50. The van der Waals surface area contributed by atoms with E-state index in [0.29, 0.717) is 0 Å². The van der Waals surface area contributed by atoms with Crippen molar-refractivity contribution < 1.29 is 34.5 Å². The van der Waals surface area contributed by atoms with Gasteiger partial charge in [0.25, 0.3) is 0 Å². The van der Waals surface area contributed by atoms with Gasteiger partial charge in [-0.15, -0.1) is 0 Å². The SMILES string of the molecule is CC(CC(=O)C1C(O)=CC(O)=CC1=NP(=O)(O)O)c1ccc(O)cc1. The van der Waals surface area contributed by atoms with Crippen LogP contribution in [0.4, 0.5) is 0 Å². The molecule has 134 valence electrons. The number of carbonyl (C=O) groups excluding carboxylic acids is 1. The van der Waals surface area contributed by atoms with Gasteiger partial charge in [-0.1, -0.05) is 19.1 Å². The highest BCUT2D eigenvalue weighted by Gasteiger charge is 2.33. The summed E-state index contributed by atoms with van der Waals surface area (Å²) in [5.74, 6) is -3.03. The van der Waals surface area contributed by atoms with E-state index < -0.39 is 36.7 Å². The van der Waals surface area contributed by atoms with E-state index in [4.69, 9.17) is 9.79 Å². The predicted molar refractivity (Wildman–Crippen MR) is 90.5 cm³/mol. The zero-order valence-electron chi connectivity index (χ0n) is 13.3. The topological polar surface area (TPSA) is 148 Å². The van der Waals surface area contributed by atoms with Crippen molar-refractivity contribution in [3.63, 3.8) is 0 Å². The highest BCUT2D eigenvalue weighted by Crippen LogP contribution is 2.39. The maximum atomic E-state index is 12.6. The number of ketones is 1. The number of rotatable bonds is 5. The van der Waals surface area contributed by atoms with E-state index in [9.17, 15) is 24.7 Å². The smallest absolute Gasteiger partial charge is 0.448 e. The first-order valence-corrected chi connectivity index (χ1v) is 8.92. The number of nitrogens with zero attached hydrogens (tertiary/aromatic N) is 1. The molecule has 1 aliphatic rings. The van der Waals surface area contributed by atoms with Crippen LogP contribution in [0.2, 0.25) is 0 Å². The van der Waals surface area contributed by atoms with Crippen LogP contribution in [0.3, 0.4) is 0 Å². The van der Waals surface area contributed by atoms with Gasteiger partial charge in [0, 0.05) is 18.6 Å². The molecule has 0 saturated heterocycles. The van der Waals surface area contributed by atoms with Gasteiger partial charge in [-0.05, 0) is 23.6 Å². The van der Waals surface area contributed by atoms with Crippen molar-refractivity contribution in [2.24, 2.45) is 10.7 Å². The zero-order chi connectivity index (χ0) is 18.8. The molecule has 0 aliphatic heterocycles. The van der Waals surface area contributed by atoms with Crippen molar-refractivity contribution in [2.75, 3.05) is 0 Å². The third kappa shape index (κ3) is 5.03. The second-order valence-electron chi connectivity index (χ2n) is 5.77. The number of allylic oxidation sites excluding steroid dienone is 3. The Kier molecular flexibility index (Phi) is 5.47. The number of hydrogen-bond acceptors (Lipinski definition) is 5. The lowest BCUT2D eigenvalue weighted by molar-refractivity contribution is -0.121. The lowest BCUT2D eigenvalue weighted by Gasteiger charge is -2.21. The molecular formula is C16H18NO7P. The number of Topliss-reactive ketones (excluding diaryl/α,β-unsaturated/α-hetero) is 1. The van der Waals surface area contributed by atoms with Crippen molar-refractivity contribution >= 4 is 19.2 Å². The van der Waals surface area contributed by atoms with Gasteiger partial charge in [0.15, 0.2) is 0 Å². The third-order valence-corrected chi connectivity index (χ3v) is 4.21. The lowest BCUT2D eigenvalue weighted by Crippen LogP contribution is -2.28. The largest absolute Gasteiger partial charge is 0.511 e. The minimum absolute atomic E-state index is 0.0396. The molecule has 2 atom stereocenters. The number of aromatic hydroxyl groups is 1. The van der Waals surface area contributed by atoms with E-state index in [0.717, 1.165) is 17.7 Å². The van der Waals surface area contributed by atoms with Crippen LogP contribution >= 0.6 is 7.75 Å². The van der Waals surface area contributed by atoms with Crippen molar-refractivity contribution in [3.8, 4) is 5.75 Å². The number of benzene rings is 1. The predicted octanol–water partition coefficient (Wildman–Crippen LogP) is 2.50. The molecule has 1 aromatic carbocycles. The molecule has 0 aromatic heterocycles. The maximum Gasteiger partial charge on any atom is 0.448 e. The summed E-state index contributed by atoms with van der Waals surface area (Å²) in [6.45, 7) is 1.76. The van der Waals surface area contributed by atoms with Gasteiger partial charge < -0.3 is 25.1 Å². The molecule has 5 N–H and O–H groups in total. The minimum Gasteiger partial charge on any atom is -0.511 e. The first-order chi connectivity index (χ1) is 11.6. The monoisotopic (exact) mass is 367 g/mol. The molecule has 0 bridgehead atoms. The number of hydrogen-bond donors (Lipinski definition) is 5. The number of carbonyl (C=O) groups is 1. The van der Waals surface area contributed by atoms with Crippen LogP contribution in [0.5, 0.6) is 5.75 Å². The number of phenols is 1. The number of aliphatic hydroxyl groups excluding tert-OH is 2. The molecule has 1 aromatic rings. The molecular weight excluding hydrogens is 349 g/mol. The average molecular weight is 367 g/mol. The molecule has 2 rings (SSSR count). The normalized spacial score (nSPS) is 20.8. The zero-order valence-corrected chi connectivity index (χ0v) is 14.2. The van der Waals surface area contributed by atoms with Gasteiger partial charge in [0.2, 0.25) is 0 Å². The fourth-order valence-corrected chi connectivity index (χ4v) is 3.04. The molecule has 0 saturated carbocycles. The molecule has 25 heavy (non-hydrogen) atoms. The molecule has 8 nitrogen and oxygen atoms in total. The fraction of sp³-hybridized carbons (Fsp3) is 0.250. The van der Waals surface area contributed by atoms with Crippen LogP contribution in [0.25, 0.3) is 0 Å². The summed E-state index contributed by atoms with van der Waals surface area (Å²) in [5.41, 5.74) is 0.381. The minimum atomic E-state index is -4.85. The van der Waals surface area contributed by atoms with E-state index in [1.54, 1.807) is 19.1 Å². The summed E-state index contributed by atoms with van der Waals surface area (Å²) in [6.07, 6.45) is 1.83. The van der Waals surface area contributed by atoms with Crippen molar-refractivity contribution in [1.29, 1.82) is 0 Å². The Labute approximate surface area is 143 Å². The number of aliphatic hydroxyl groups is 2. The Hall–Kier alpha value is -2.41. The van der Waals surface area contributed by atoms with E-state index >= 15 is 0 Å². The lowest BCUT2D eigenvalue weighted by atomic mass is 9.85. The van der Waals surface area contributed by atoms with Gasteiger partial charge in [0.1, 0.15) is 29.0 Å². The summed E-state index contributed by atoms with van der Waals surface area (Å²) >= 11 is 0. The average Bonchev–Trinajstić information content (AvgIpc) is 2.45. The van der Waals surface area contributed by atoms with Crippen LogP contribution in [0.15, 0.2) is 52.7 Å². The molecule has 9 heteroatoms. The summed E-state index contributed by atoms with van der Waals surface area (Å²) < 4.78 is 14.3. The van der Waals surface area contributed by atoms with Crippen LogP contribution in [-0.2, 0) is 9.36 Å². The molecule has 2 unspecified atom stereocenters. The Morgan fingerprint density at radius 1 is 1.16 bits per heavy atom. The Morgan fingerprint density at radius 3 is 2.32 bits per heavy atom. The second-order valence-corrected chi connectivity index (χ2v) is 7.00. The van der Waals surface area contributed by atoms with Gasteiger partial charge >= 0.3 is 7.75 Å². The van der Waals surface area contributed by atoms with Crippen molar-refractivity contribution in [1.82, 2.24) is 0 Å². The van der Waals surface area contributed by atoms with Crippen molar-refractivity contribution in [2.45, 2.75) is 19.3 Å². The summed E-state index contributed by atoms with van der Waals surface area (Å²) in [4.78, 5) is 30.6. The molecule has 0 heterocycles. The van der Waals surface area contributed by atoms with Gasteiger partial charge in [0.05, 0.1) is 5.71 Å². The Balaban J connectivity index is 2.26. The van der Waals surface area contributed by atoms with E-state index in [-0.39, 0.29) is 18.1 Å². The summed E-state index contributed by atoms with van der Waals surface area (Å²) in [7, 11) is -4.85. The van der Waals surface area contributed by atoms with E-state index in [1.807, 2.05) is 0 Å². The van der Waals surface area contributed by atoms with E-state index in [1.165, 1.54) is 12.1 Å². The van der Waals surface area contributed by atoms with Crippen LogP contribution in [0.1, 0.15) is 24.8 Å². The van der Waals surface area contributed by atoms with Crippen LogP contribution in [-0.4, -0.2) is 36.6 Å². The Morgan fingerprint density at radius 2 is 1.76 bits per heavy atom. The van der Waals surface area contributed by atoms with E-state index in [2.05, 4.69) is 4.76 Å². The maximum absolute atomic E-state index is 12.6. The molecule has 1 aliphatic carbocycles. The van der Waals surface area contributed by atoms with Crippen LogP contribution < -0.4 is 0 Å². The summed E-state index contributed by atoms with van der Waals surface area (Å²) in [5, 5.41) is 28.8. The van der Waals surface area contributed by atoms with Gasteiger partial charge in [-0.2, -0.15) is 4.76 Å². The third-order valence-electron chi connectivity index (χ3n) is 3.72. The molecule has 0 fully saturated rings. The summed E-state index contributed by atoms with van der Waals surface area (Å²) in [6, 6.07) is 6.27. The molecule has 0 radical (unpaired) electrons. The second kappa shape index (κ2) is 7.23. The molecule has 0 spiro atoms.